The Morgan fingerprint density at radius 2 is 2.04 bits per heavy atom. The van der Waals surface area contributed by atoms with Crippen molar-refractivity contribution in [3.63, 3.8) is 0 Å². The largest absolute Gasteiger partial charge is 0.313 e. The van der Waals surface area contributed by atoms with Gasteiger partial charge in [0.05, 0.1) is 0 Å². The van der Waals surface area contributed by atoms with E-state index in [-0.39, 0.29) is 5.91 Å². The van der Waals surface area contributed by atoms with Crippen LogP contribution in [0.5, 0.6) is 0 Å². The van der Waals surface area contributed by atoms with Crippen molar-refractivity contribution >= 4 is 22.8 Å². The normalized spacial score (nSPS) is 13.5. The molecule has 0 aliphatic carbocycles. The minimum atomic E-state index is 0.216. The fraction of sp³-hybridized carbons (Fsp3) is 0.435. The second-order valence-corrected chi connectivity index (χ2v) is 7.99. The molecule has 0 bridgehead atoms. The van der Waals surface area contributed by atoms with Crippen LogP contribution in [0.25, 0.3) is 11.2 Å². The van der Waals surface area contributed by atoms with Crippen LogP contribution in [0.4, 0.5) is 5.69 Å². The van der Waals surface area contributed by atoms with E-state index in [1.807, 2.05) is 35.4 Å². The van der Waals surface area contributed by atoms with E-state index in [9.17, 15) is 4.79 Å². The summed E-state index contributed by atoms with van der Waals surface area (Å²) in [4.78, 5) is 24.0. The van der Waals surface area contributed by atoms with Crippen LogP contribution in [0.1, 0.15) is 44.5 Å². The first kappa shape index (κ1) is 18.7. The first-order valence-corrected chi connectivity index (χ1v) is 10.3. The van der Waals surface area contributed by atoms with Gasteiger partial charge in [-0.3, -0.25) is 4.79 Å². The van der Waals surface area contributed by atoms with Crippen molar-refractivity contribution in [2.24, 2.45) is 5.92 Å². The third kappa shape index (κ3) is 3.79. The van der Waals surface area contributed by atoms with E-state index in [0.29, 0.717) is 12.3 Å². The molecular weight excluding hydrogens is 348 g/mol. The molecule has 0 radical (unpaired) electrons. The quantitative estimate of drug-likeness (QED) is 0.614. The summed E-state index contributed by atoms with van der Waals surface area (Å²) >= 11 is 0. The molecule has 2 aromatic heterocycles. The van der Waals surface area contributed by atoms with Gasteiger partial charge in [-0.05, 0) is 48.9 Å². The Hall–Kier alpha value is -2.69. The Morgan fingerprint density at radius 1 is 1.18 bits per heavy atom. The molecule has 5 heteroatoms. The second-order valence-electron chi connectivity index (χ2n) is 7.99. The van der Waals surface area contributed by atoms with Crippen molar-refractivity contribution in [1.29, 1.82) is 0 Å². The van der Waals surface area contributed by atoms with Crippen LogP contribution in [0.15, 0.2) is 42.6 Å². The van der Waals surface area contributed by atoms with Crippen molar-refractivity contribution in [1.82, 2.24) is 14.5 Å². The third-order valence-corrected chi connectivity index (χ3v) is 5.49. The van der Waals surface area contributed by atoms with Crippen molar-refractivity contribution in [3.05, 3.63) is 54.0 Å². The monoisotopic (exact) mass is 376 g/mol. The summed E-state index contributed by atoms with van der Waals surface area (Å²) in [5.41, 5.74) is 4.26. The summed E-state index contributed by atoms with van der Waals surface area (Å²) in [7, 11) is 0. The molecule has 146 valence electrons. The summed E-state index contributed by atoms with van der Waals surface area (Å²) in [6.07, 6.45) is 6.04. The Labute approximate surface area is 166 Å². The minimum Gasteiger partial charge on any atom is -0.313 e. The number of aromatic nitrogens is 3. The highest BCUT2D eigenvalue weighted by Crippen LogP contribution is 2.28. The topological polar surface area (TPSA) is 51.0 Å². The van der Waals surface area contributed by atoms with Gasteiger partial charge in [-0.2, -0.15) is 0 Å². The predicted molar refractivity (Wildman–Crippen MR) is 112 cm³/mol. The summed E-state index contributed by atoms with van der Waals surface area (Å²) in [5.74, 6) is 1.89. The molecule has 0 fully saturated rings. The Bertz CT molecular complexity index is 976. The summed E-state index contributed by atoms with van der Waals surface area (Å²) < 4.78 is 2.24. The number of anilines is 1. The second kappa shape index (κ2) is 8.13. The molecule has 1 aromatic carbocycles. The number of nitrogens with zero attached hydrogens (tertiary/aromatic N) is 4. The van der Waals surface area contributed by atoms with E-state index in [4.69, 9.17) is 4.98 Å². The van der Waals surface area contributed by atoms with Crippen LogP contribution in [0.3, 0.4) is 0 Å². The van der Waals surface area contributed by atoms with Crippen molar-refractivity contribution in [3.8, 4) is 0 Å². The molecule has 0 saturated carbocycles. The van der Waals surface area contributed by atoms with E-state index in [0.717, 1.165) is 61.4 Å². The first-order chi connectivity index (χ1) is 13.6. The smallest absolute Gasteiger partial charge is 0.227 e. The number of carbonyl (C=O) groups excluding carboxylic acids is 1. The minimum absolute atomic E-state index is 0.216. The molecule has 3 aromatic rings. The lowest BCUT2D eigenvalue weighted by Crippen LogP contribution is -2.28. The van der Waals surface area contributed by atoms with E-state index < -0.39 is 0 Å². The average molecular weight is 377 g/mol. The molecule has 3 heterocycles. The van der Waals surface area contributed by atoms with Crippen molar-refractivity contribution in [2.75, 3.05) is 11.4 Å². The number of para-hydroxylation sites is 1. The SMILES string of the molecule is CC(C)CCn1c(CCCC(=O)N2CCc3ccccc32)nc2cccnc21. The van der Waals surface area contributed by atoms with Gasteiger partial charge in [0, 0.05) is 37.8 Å². The molecule has 0 spiro atoms. The van der Waals surface area contributed by atoms with Gasteiger partial charge in [0.15, 0.2) is 5.65 Å². The van der Waals surface area contributed by atoms with Gasteiger partial charge in [-0.15, -0.1) is 0 Å². The number of pyridine rings is 1. The van der Waals surface area contributed by atoms with Gasteiger partial charge in [0.25, 0.3) is 0 Å². The molecule has 28 heavy (non-hydrogen) atoms. The highest BCUT2D eigenvalue weighted by atomic mass is 16.2. The van der Waals surface area contributed by atoms with Gasteiger partial charge in [-0.1, -0.05) is 32.0 Å². The van der Waals surface area contributed by atoms with Crippen LogP contribution in [-0.2, 0) is 24.2 Å². The molecule has 1 aliphatic rings. The fourth-order valence-electron chi connectivity index (χ4n) is 3.95. The predicted octanol–water partition coefficient (Wildman–Crippen LogP) is 4.39. The number of carbonyl (C=O) groups is 1. The zero-order chi connectivity index (χ0) is 19.5. The summed E-state index contributed by atoms with van der Waals surface area (Å²) in [6.45, 7) is 6.19. The highest BCUT2D eigenvalue weighted by molar-refractivity contribution is 5.95. The third-order valence-electron chi connectivity index (χ3n) is 5.49. The molecule has 0 unspecified atom stereocenters. The average Bonchev–Trinajstić information content (AvgIpc) is 3.27. The number of hydrogen-bond acceptors (Lipinski definition) is 3. The number of hydrogen-bond donors (Lipinski definition) is 0. The van der Waals surface area contributed by atoms with Crippen LogP contribution >= 0.6 is 0 Å². The number of imidazole rings is 1. The number of rotatable bonds is 7. The van der Waals surface area contributed by atoms with Crippen molar-refractivity contribution in [2.45, 2.75) is 52.5 Å². The zero-order valence-electron chi connectivity index (χ0n) is 16.8. The zero-order valence-corrected chi connectivity index (χ0v) is 16.8. The van der Waals surface area contributed by atoms with Gasteiger partial charge < -0.3 is 9.47 Å². The van der Waals surface area contributed by atoms with E-state index in [2.05, 4.69) is 35.5 Å². The fourth-order valence-corrected chi connectivity index (χ4v) is 3.95. The molecule has 0 saturated heterocycles. The number of fused-ring (bicyclic) bond motifs is 2. The van der Waals surface area contributed by atoms with Gasteiger partial charge in [0.2, 0.25) is 5.91 Å². The lowest BCUT2D eigenvalue weighted by molar-refractivity contribution is -0.118. The van der Waals surface area contributed by atoms with Crippen LogP contribution in [0.2, 0.25) is 0 Å². The lowest BCUT2D eigenvalue weighted by atomic mass is 10.1. The van der Waals surface area contributed by atoms with Crippen LogP contribution < -0.4 is 4.90 Å². The summed E-state index contributed by atoms with van der Waals surface area (Å²) in [6, 6.07) is 12.2. The van der Waals surface area contributed by atoms with Gasteiger partial charge in [0.1, 0.15) is 11.3 Å². The Balaban J connectivity index is 1.43. The van der Waals surface area contributed by atoms with Gasteiger partial charge in [-0.25, -0.2) is 9.97 Å². The van der Waals surface area contributed by atoms with Crippen LogP contribution in [-0.4, -0.2) is 27.0 Å². The molecule has 0 N–H and O–H groups in total. The maximum atomic E-state index is 12.8. The molecule has 1 amide bonds. The molecule has 4 rings (SSSR count). The molecule has 5 nitrogen and oxygen atoms in total. The molecule has 0 atom stereocenters. The number of benzene rings is 1. The number of amides is 1. The molecule has 1 aliphatic heterocycles. The Morgan fingerprint density at radius 3 is 2.89 bits per heavy atom. The highest BCUT2D eigenvalue weighted by Gasteiger charge is 2.23. The molecular formula is C23H28N4O. The van der Waals surface area contributed by atoms with Crippen LogP contribution in [0, 0.1) is 5.92 Å². The maximum absolute atomic E-state index is 12.8. The number of aryl methyl sites for hydroxylation is 2. The van der Waals surface area contributed by atoms with E-state index in [1.165, 1.54) is 5.56 Å². The summed E-state index contributed by atoms with van der Waals surface area (Å²) in [5, 5.41) is 0. The van der Waals surface area contributed by atoms with Gasteiger partial charge >= 0.3 is 0 Å². The van der Waals surface area contributed by atoms with E-state index >= 15 is 0 Å². The van der Waals surface area contributed by atoms with E-state index in [1.54, 1.807) is 0 Å². The standard InChI is InChI=1S/C23H28N4O/c1-17(2)12-15-27-21(25-19-8-6-14-24-23(19)27)10-5-11-22(28)26-16-13-18-7-3-4-9-20(18)26/h3-4,6-9,14,17H,5,10-13,15-16H2,1-2H3. The lowest BCUT2D eigenvalue weighted by Gasteiger charge is -2.17. The Kier molecular flexibility index (Phi) is 5.42. The maximum Gasteiger partial charge on any atom is 0.227 e. The van der Waals surface area contributed by atoms with Crippen molar-refractivity contribution < 1.29 is 4.79 Å². The first-order valence-electron chi connectivity index (χ1n) is 10.3.